The number of aromatic nitrogens is 2. The molecule has 0 bridgehead atoms. The second kappa shape index (κ2) is 20.9. The van der Waals surface area contributed by atoms with Gasteiger partial charge in [0.2, 0.25) is 12.4 Å². The molecule has 2 saturated heterocycles. The number of hydrogen-bond acceptors (Lipinski definition) is 13. The SMILES string of the molecule is CON=C(C(=O)N[C@@H]1C(=O)N2C(C(=O)OCc3ccc(OC)cc3)=C(CSc3cc[n+](N4CCCCC4=O)cc3)CS[C@H]12)c1csc(NC(c2ccccc2)(c2ccccc2)c2ccccc2)n1. The molecule has 9 rings (SSSR count). The number of esters is 1. The molecule has 0 spiro atoms. The largest absolute Gasteiger partial charge is 0.497 e. The fourth-order valence-corrected chi connectivity index (χ4v) is 11.6. The van der Waals surface area contributed by atoms with Crippen LogP contribution in [0.4, 0.5) is 5.13 Å². The summed E-state index contributed by atoms with van der Waals surface area (Å²) < 4.78 is 12.9. The highest BCUT2D eigenvalue weighted by Crippen LogP contribution is 2.43. The average Bonchev–Trinajstić information content (AvgIpc) is 3.86. The number of benzene rings is 4. The lowest BCUT2D eigenvalue weighted by atomic mass is 9.77. The van der Waals surface area contributed by atoms with Crippen LogP contribution in [0.25, 0.3) is 0 Å². The molecule has 3 aliphatic rings. The van der Waals surface area contributed by atoms with Crippen molar-refractivity contribution in [2.75, 3.05) is 42.6 Å². The zero-order chi connectivity index (χ0) is 47.0. The summed E-state index contributed by atoms with van der Waals surface area (Å²) in [5.41, 5.74) is 3.84. The van der Waals surface area contributed by atoms with Gasteiger partial charge in [0.15, 0.2) is 10.8 Å². The smallest absolute Gasteiger partial charge is 0.355 e. The van der Waals surface area contributed by atoms with Gasteiger partial charge in [0.05, 0.1) is 13.7 Å². The van der Waals surface area contributed by atoms with E-state index in [1.165, 1.54) is 46.9 Å². The molecule has 3 amide bonds. The first-order chi connectivity index (χ1) is 33.3. The Balaban J connectivity index is 0.940. The van der Waals surface area contributed by atoms with E-state index < -0.39 is 34.7 Å². The van der Waals surface area contributed by atoms with Gasteiger partial charge in [0, 0.05) is 40.3 Å². The number of fused-ring (bicyclic) bond motifs is 1. The first-order valence-electron chi connectivity index (χ1n) is 22.0. The average molecular weight is 967 g/mol. The van der Waals surface area contributed by atoms with Crippen molar-refractivity contribution in [2.45, 2.75) is 47.7 Å². The summed E-state index contributed by atoms with van der Waals surface area (Å²) in [7, 11) is 2.92. The Morgan fingerprint density at radius 2 is 1.51 bits per heavy atom. The van der Waals surface area contributed by atoms with E-state index in [4.69, 9.17) is 19.3 Å². The molecule has 346 valence electrons. The summed E-state index contributed by atoms with van der Waals surface area (Å²) in [5.74, 6) is -0.206. The van der Waals surface area contributed by atoms with Crippen LogP contribution in [0, 0.1) is 0 Å². The lowest BCUT2D eigenvalue weighted by Gasteiger charge is -2.49. The number of anilines is 1. The van der Waals surface area contributed by atoms with Crippen LogP contribution in [-0.4, -0.2) is 83.0 Å². The number of amides is 3. The number of thiazole rings is 1. The standard InChI is InChI=1S/C51H47N7O7S3/c1-63-39-23-21-34(22-24-39)30-65-49(62)45-35(31-66-40-25-28-56(29-26-40)57-27-13-12-20-42(57)59)32-67-48-44(47(61)58(45)48)53-46(60)43(55-64-2)41-33-68-50(52-41)54-51(36-14-6-3-7-15-36,37-16-8-4-9-17-37)38-18-10-5-11-19-38/h3-11,14-19,21-26,28-29,33,44,48H,12-13,20,27,30-32H2,1-2H3,(H-,52,53,54,60)/p+1/t44-,48-/m1/s1. The molecule has 4 aromatic carbocycles. The molecule has 2 N–H and O–H groups in total. The van der Waals surface area contributed by atoms with Crippen molar-refractivity contribution >= 4 is 69.4 Å². The molecule has 3 aliphatic heterocycles. The Morgan fingerprint density at radius 3 is 2.12 bits per heavy atom. The number of hydrogen-bond donors (Lipinski definition) is 2. The fraction of sp³-hybridized carbons (Fsp3) is 0.235. The van der Waals surface area contributed by atoms with Crippen LogP contribution >= 0.6 is 34.9 Å². The topological polar surface area (TPSA) is 156 Å². The van der Waals surface area contributed by atoms with Crippen LogP contribution in [-0.2, 0) is 40.9 Å². The number of methoxy groups -OCH3 is 1. The fourth-order valence-electron chi connectivity index (χ4n) is 8.48. The summed E-state index contributed by atoms with van der Waals surface area (Å²) in [6.07, 6.45) is 6.10. The molecule has 0 saturated carbocycles. The highest BCUT2D eigenvalue weighted by Gasteiger charge is 2.55. The van der Waals surface area contributed by atoms with Gasteiger partial charge in [-0.2, -0.15) is 0 Å². The number of rotatable bonds is 17. The molecular formula is C51H48N7O7S3+. The summed E-state index contributed by atoms with van der Waals surface area (Å²) >= 11 is 4.27. The molecular weight excluding hydrogens is 919 g/mol. The van der Waals surface area contributed by atoms with E-state index >= 15 is 0 Å². The van der Waals surface area contributed by atoms with E-state index in [2.05, 4.69) is 52.2 Å². The Hall–Kier alpha value is -6.95. The van der Waals surface area contributed by atoms with Gasteiger partial charge >= 0.3 is 5.97 Å². The minimum Gasteiger partial charge on any atom is -0.497 e. The number of pyridine rings is 1. The number of nitrogens with one attached hydrogen (secondary N) is 2. The zero-order valence-corrected chi connectivity index (χ0v) is 39.7. The molecule has 2 atom stereocenters. The highest BCUT2D eigenvalue weighted by molar-refractivity contribution is 8.01. The van der Waals surface area contributed by atoms with Gasteiger partial charge in [0.25, 0.3) is 17.7 Å². The maximum atomic E-state index is 14.2. The number of carbonyl (C=O) groups is 4. The van der Waals surface area contributed by atoms with E-state index in [1.807, 2.05) is 95.9 Å². The van der Waals surface area contributed by atoms with Crippen LogP contribution in [0.5, 0.6) is 5.75 Å². The predicted octanol–water partition coefficient (Wildman–Crippen LogP) is 7.03. The van der Waals surface area contributed by atoms with Crippen molar-refractivity contribution < 1.29 is 38.2 Å². The van der Waals surface area contributed by atoms with Gasteiger partial charge in [-0.1, -0.05) is 113 Å². The molecule has 2 aromatic heterocycles. The third-order valence-corrected chi connectivity index (χ3v) is 15.1. The maximum absolute atomic E-state index is 14.2. The Bertz CT molecular complexity index is 2730. The predicted molar refractivity (Wildman–Crippen MR) is 263 cm³/mol. The van der Waals surface area contributed by atoms with Crippen molar-refractivity contribution in [3.8, 4) is 5.75 Å². The zero-order valence-electron chi connectivity index (χ0n) is 37.3. The van der Waals surface area contributed by atoms with Gasteiger partial charge < -0.3 is 24.9 Å². The van der Waals surface area contributed by atoms with E-state index in [-0.39, 0.29) is 29.6 Å². The quantitative estimate of drug-likeness (QED) is 0.0184. The normalized spacial score (nSPS) is 17.2. The summed E-state index contributed by atoms with van der Waals surface area (Å²) in [6.45, 7) is 0.643. The summed E-state index contributed by atoms with van der Waals surface area (Å²) in [5, 5.41) is 14.1. The minimum absolute atomic E-state index is 0.0227. The second-order valence-electron chi connectivity index (χ2n) is 16.0. The Morgan fingerprint density at radius 1 is 0.868 bits per heavy atom. The van der Waals surface area contributed by atoms with Gasteiger partial charge in [-0.25, -0.2) is 9.78 Å². The summed E-state index contributed by atoms with van der Waals surface area (Å²) in [4.78, 5) is 67.4. The molecule has 6 aromatic rings. The van der Waals surface area contributed by atoms with Crippen molar-refractivity contribution in [1.29, 1.82) is 0 Å². The number of ether oxygens (including phenoxy) is 2. The number of β-lactam (4-membered cyclic amide) rings is 1. The highest BCUT2D eigenvalue weighted by atomic mass is 32.2. The number of carbonyl (C=O) groups excluding carboxylic acids is 4. The van der Waals surface area contributed by atoms with E-state index in [0.717, 1.165) is 45.6 Å². The molecule has 68 heavy (non-hydrogen) atoms. The van der Waals surface area contributed by atoms with Gasteiger partial charge in [-0.15, -0.1) is 39.9 Å². The maximum Gasteiger partial charge on any atom is 0.355 e. The number of piperidine rings is 1. The summed E-state index contributed by atoms with van der Waals surface area (Å²) in [6, 6.07) is 40.4. The van der Waals surface area contributed by atoms with Crippen LogP contribution in [0.15, 0.2) is 166 Å². The number of thioether (sulfide) groups is 2. The van der Waals surface area contributed by atoms with Crippen LogP contribution in [0.1, 0.15) is 47.2 Å². The first kappa shape index (κ1) is 46.2. The molecule has 0 aliphatic carbocycles. The van der Waals surface area contributed by atoms with E-state index in [9.17, 15) is 19.2 Å². The molecule has 0 radical (unpaired) electrons. The Kier molecular flexibility index (Phi) is 14.2. The van der Waals surface area contributed by atoms with Crippen LogP contribution < -0.4 is 25.1 Å². The van der Waals surface area contributed by atoms with Crippen molar-refractivity contribution in [2.24, 2.45) is 5.16 Å². The number of oxime groups is 1. The lowest BCUT2D eigenvalue weighted by Crippen LogP contribution is -2.71. The molecule has 0 unspecified atom stereocenters. The molecule has 2 fully saturated rings. The van der Waals surface area contributed by atoms with Gasteiger partial charge in [-0.3, -0.25) is 19.3 Å². The monoisotopic (exact) mass is 966 g/mol. The van der Waals surface area contributed by atoms with Crippen LogP contribution in [0.2, 0.25) is 0 Å². The van der Waals surface area contributed by atoms with Crippen molar-refractivity contribution in [3.63, 3.8) is 0 Å². The van der Waals surface area contributed by atoms with Gasteiger partial charge in [-0.05, 0) is 52.8 Å². The van der Waals surface area contributed by atoms with Crippen molar-refractivity contribution in [1.82, 2.24) is 15.2 Å². The second-order valence-corrected chi connectivity index (χ2v) is 19.1. The molecule has 5 heterocycles. The number of nitrogens with zero attached hydrogens (tertiary/aromatic N) is 5. The third-order valence-electron chi connectivity index (χ3n) is 11.9. The van der Waals surface area contributed by atoms with E-state index in [0.29, 0.717) is 35.4 Å². The first-order valence-corrected chi connectivity index (χ1v) is 24.9. The van der Waals surface area contributed by atoms with Gasteiger partial charge in [0.1, 0.15) is 47.8 Å². The molecule has 14 nitrogen and oxygen atoms in total. The minimum atomic E-state index is -0.978. The third kappa shape index (κ3) is 9.59. The Labute approximate surface area is 406 Å². The van der Waals surface area contributed by atoms with Crippen molar-refractivity contribution in [3.05, 3.63) is 184 Å². The van der Waals surface area contributed by atoms with E-state index in [1.54, 1.807) is 29.6 Å². The van der Waals surface area contributed by atoms with Crippen LogP contribution in [0.3, 0.4) is 0 Å². The lowest BCUT2D eigenvalue weighted by molar-refractivity contribution is -0.684. The molecule has 17 heteroatoms.